The summed E-state index contributed by atoms with van der Waals surface area (Å²) in [6.07, 6.45) is 3.69. The van der Waals surface area contributed by atoms with Gasteiger partial charge in [-0.3, -0.25) is 4.79 Å². The van der Waals surface area contributed by atoms with Crippen LogP contribution in [-0.2, 0) is 0 Å². The third kappa shape index (κ3) is 1.84. The van der Waals surface area contributed by atoms with Crippen molar-refractivity contribution in [2.24, 2.45) is 0 Å². The number of aromatic hydroxyl groups is 1. The molecule has 0 unspecified atom stereocenters. The smallest absolute Gasteiger partial charge is 0.340 e. The topological polar surface area (TPSA) is 83.8 Å². The number of benzene rings is 1. The lowest BCUT2D eigenvalue weighted by molar-refractivity contribution is 0.0690. The van der Waals surface area contributed by atoms with Crippen molar-refractivity contribution in [1.29, 1.82) is 0 Å². The summed E-state index contributed by atoms with van der Waals surface area (Å²) < 4.78 is 5.58. The molecule has 1 aromatic carbocycles. The van der Waals surface area contributed by atoms with Gasteiger partial charge in [0.2, 0.25) is 0 Å². The van der Waals surface area contributed by atoms with E-state index in [0.29, 0.717) is 12.0 Å². The number of carboxylic acids is 1. The minimum atomic E-state index is -1.35. The normalized spacial score (nSPS) is 15.7. The fourth-order valence-electron chi connectivity index (χ4n) is 1.84. The van der Waals surface area contributed by atoms with Crippen molar-refractivity contribution in [2.75, 3.05) is 0 Å². The van der Waals surface area contributed by atoms with Gasteiger partial charge in [-0.1, -0.05) is 0 Å². The van der Waals surface area contributed by atoms with Crippen molar-refractivity contribution in [2.45, 2.75) is 19.4 Å². The number of hydrogen-bond acceptors (Lipinski definition) is 4. The lowest BCUT2D eigenvalue weighted by atomic mass is 9.96. The second-order valence-corrected chi connectivity index (χ2v) is 4.56. The van der Waals surface area contributed by atoms with E-state index in [1.54, 1.807) is 12.2 Å². The van der Waals surface area contributed by atoms with Crippen LogP contribution in [0.2, 0.25) is 0 Å². The van der Waals surface area contributed by atoms with Crippen LogP contribution < -0.4 is 4.74 Å². The first kappa shape index (κ1) is 12.2. The van der Waals surface area contributed by atoms with Gasteiger partial charge in [0.15, 0.2) is 6.29 Å². The van der Waals surface area contributed by atoms with Gasteiger partial charge in [-0.15, -0.1) is 0 Å². The Kier molecular flexibility index (Phi) is 2.62. The Bertz CT molecular complexity index is 569. The van der Waals surface area contributed by atoms with Crippen molar-refractivity contribution < 1.29 is 24.5 Å². The van der Waals surface area contributed by atoms with Gasteiger partial charge in [-0.2, -0.15) is 0 Å². The Hall–Kier alpha value is -2.30. The third-order valence-corrected chi connectivity index (χ3v) is 2.70. The highest BCUT2D eigenvalue weighted by Crippen LogP contribution is 2.39. The number of rotatable bonds is 2. The second-order valence-electron chi connectivity index (χ2n) is 4.56. The molecule has 0 saturated heterocycles. The number of carbonyl (C=O) groups excluding carboxylic acids is 1. The summed E-state index contributed by atoms with van der Waals surface area (Å²) in [7, 11) is 0. The van der Waals surface area contributed by atoms with Crippen LogP contribution >= 0.6 is 0 Å². The predicted molar refractivity (Wildman–Crippen MR) is 64.2 cm³/mol. The molecule has 1 aromatic rings. The molecule has 0 spiro atoms. The molecule has 0 atom stereocenters. The zero-order valence-electron chi connectivity index (χ0n) is 9.93. The summed E-state index contributed by atoms with van der Waals surface area (Å²) >= 11 is 0. The molecule has 0 saturated carbocycles. The van der Waals surface area contributed by atoms with E-state index < -0.39 is 22.9 Å². The monoisotopic (exact) mass is 248 g/mol. The Morgan fingerprint density at radius 1 is 1.44 bits per heavy atom. The van der Waals surface area contributed by atoms with Gasteiger partial charge in [0.1, 0.15) is 22.7 Å². The van der Waals surface area contributed by atoms with Crippen molar-refractivity contribution in [3.8, 4) is 11.5 Å². The molecule has 0 amide bonds. The van der Waals surface area contributed by atoms with E-state index >= 15 is 0 Å². The lowest BCUT2D eigenvalue weighted by Gasteiger charge is -2.28. The molecule has 5 nitrogen and oxygen atoms in total. The third-order valence-electron chi connectivity index (χ3n) is 2.70. The molecule has 0 aromatic heterocycles. The molecule has 1 aliphatic rings. The number of carboxylic acid groups (broad SMARTS) is 1. The minimum absolute atomic E-state index is 0.107. The van der Waals surface area contributed by atoms with Gasteiger partial charge in [0.05, 0.1) is 5.56 Å². The summed E-state index contributed by atoms with van der Waals surface area (Å²) in [5.74, 6) is -1.50. The molecule has 5 heteroatoms. The van der Waals surface area contributed by atoms with Gasteiger partial charge in [0.25, 0.3) is 0 Å². The summed E-state index contributed by atoms with van der Waals surface area (Å²) in [5.41, 5.74) is -0.802. The van der Waals surface area contributed by atoms with E-state index in [2.05, 4.69) is 0 Å². The molecular weight excluding hydrogens is 236 g/mol. The molecule has 2 rings (SSSR count). The van der Waals surface area contributed by atoms with Crippen LogP contribution in [0.15, 0.2) is 12.1 Å². The van der Waals surface area contributed by atoms with Gasteiger partial charge in [-0.05, 0) is 32.1 Å². The number of phenols is 1. The minimum Gasteiger partial charge on any atom is -0.506 e. The lowest BCUT2D eigenvalue weighted by Crippen LogP contribution is -2.27. The highest BCUT2D eigenvalue weighted by Gasteiger charge is 2.28. The SMILES string of the molecule is CC1(C)C=Cc2c(cc(C=O)c(C(=O)O)c2O)O1. The van der Waals surface area contributed by atoms with E-state index in [1.165, 1.54) is 6.07 Å². The average molecular weight is 248 g/mol. The summed E-state index contributed by atoms with van der Waals surface area (Å²) in [6, 6.07) is 1.33. The Morgan fingerprint density at radius 2 is 2.11 bits per heavy atom. The van der Waals surface area contributed by atoms with Gasteiger partial charge < -0.3 is 14.9 Å². The van der Waals surface area contributed by atoms with Gasteiger partial charge in [-0.25, -0.2) is 4.79 Å². The Balaban J connectivity index is 2.71. The predicted octanol–water partition coefficient (Wildman–Crippen LogP) is 2.09. The van der Waals surface area contributed by atoms with Crippen LogP contribution in [0.25, 0.3) is 6.08 Å². The quantitative estimate of drug-likeness (QED) is 0.783. The number of aromatic carboxylic acids is 1. The van der Waals surface area contributed by atoms with Gasteiger partial charge in [0, 0.05) is 5.56 Å². The molecule has 94 valence electrons. The Labute approximate surface area is 103 Å². The van der Waals surface area contributed by atoms with Crippen LogP contribution in [0, 0.1) is 0 Å². The molecule has 0 aliphatic carbocycles. The maximum Gasteiger partial charge on any atom is 0.340 e. The first-order chi connectivity index (χ1) is 8.35. The Morgan fingerprint density at radius 3 is 2.67 bits per heavy atom. The summed E-state index contributed by atoms with van der Waals surface area (Å²) in [4.78, 5) is 21.9. The van der Waals surface area contributed by atoms with Gasteiger partial charge >= 0.3 is 5.97 Å². The molecule has 1 heterocycles. The van der Waals surface area contributed by atoms with E-state index in [9.17, 15) is 14.7 Å². The van der Waals surface area contributed by atoms with E-state index in [1.807, 2.05) is 13.8 Å². The van der Waals surface area contributed by atoms with E-state index in [-0.39, 0.29) is 11.1 Å². The fourth-order valence-corrected chi connectivity index (χ4v) is 1.84. The second kappa shape index (κ2) is 3.87. The van der Waals surface area contributed by atoms with E-state index in [4.69, 9.17) is 9.84 Å². The van der Waals surface area contributed by atoms with Crippen molar-refractivity contribution in [3.63, 3.8) is 0 Å². The summed E-state index contributed by atoms with van der Waals surface area (Å²) in [6.45, 7) is 3.63. The van der Waals surface area contributed by atoms with Crippen LogP contribution in [0.1, 0.15) is 40.1 Å². The largest absolute Gasteiger partial charge is 0.506 e. The van der Waals surface area contributed by atoms with Crippen LogP contribution in [0.5, 0.6) is 11.5 Å². The number of ether oxygens (including phenoxy) is 1. The van der Waals surface area contributed by atoms with Crippen molar-refractivity contribution >= 4 is 18.3 Å². The van der Waals surface area contributed by atoms with Crippen molar-refractivity contribution in [3.05, 3.63) is 28.8 Å². The van der Waals surface area contributed by atoms with E-state index in [0.717, 1.165) is 0 Å². The molecule has 0 radical (unpaired) electrons. The zero-order chi connectivity index (χ0) is 13.5. The van der Waals surface area contributed by atoms with Crippen LogP contribution in [-0.4, -0.2) is 28.1 Å². The molecule has 1 aliphatic heterocycles. The molecule has 18 heavy (non-hydrogen) atoms. The molecular formula is C13H12O5. The molecule has 0 fully saturated rings. The molecule has 2 N–H and O–H groups in total. The summed E-state index contributed by atoms with van der Waals surface area (Å²) in [5, 5.41) is 18.9. The highest BCUT2D eigenvalue weighted by atomic mass is 16.5. The maximum atomic E-state index is 11.0. The average Bonchev–Trinajstić information content (AvgIpc) is 2.26. The van der Waals surface area contributed by atoms with Crippen LogP contribution in [0.4, 0.5) is 0 Å². The van der Waals surface area contributed by atoms with Crippen molar-refractivity contribution in [1.82, 2.24) is 0 Å². The standard InChI is InChI=1S/C13H12O5/c1-13(2)4-3-8-9(18-13)5-7(6-14)10(11(8)15)12(16)17/h3-6,15H,1-2H3,(H,16,17). The number of fused-ring (bicyclic) bond motifs is 1. The zero-order valence-corrected chi connectivity index (χ0v) is 9.93. The number of hydrogen-bond donors (Lipinski definition) is 2. The first-order valence-corrected chi connectivity index (χ1v) is 5.32. The highest BCUT2D eigenvalue weighted by molar-refractivity contribution is 6.01. The number of carbonyl (C=O) groups is 2. The number of aldehydes is 1. The maximum absolute atomic E-state index is 11.0. The molecule has 0 bridgehead atoms. The fraction of sp³-hybridized carbons (Fsp3) is 0.231. The van der Waals surface area contributed by atoms with Crippen LogP contribution in [0.3, 0.4) is 0 Å². The first-order valence-electron chi connectivity index (χ1n) is 5.32.